The zero-order chi connectivity index (χ0) is 31.0. The standard InChI is InChI=1S/C27H47N8O6P.CH4/c1-6-11-15-40-25(36)20(9-4)33-42(38,34-21(10-5)26(37)41-16-12-7-2)19-39-17-14-35-18-30-22-23(29-13-8-3)31-27(28)32-24(22)35;/h8,18,20-21H,3,6-7,9-17,19H2,1-2,4-5H3,(H2,33,34,38)(H3,28,29,31,32);1H4. The number of carbonyl (C=O) groups excluding carboxylic acids is 2. The Balaban J connectivity index is 0.00000924. The van der Waals surface area contributed by atoms with Gasteiger partial charge in [-0.3, -0.25) is 14.2 Å². The van der Waals surface area contributed by atoms with Crippen molar-refractivity contribution in [3.63, 3.8) is 0 Å². The Morgan fingerprint density at radius 1 is 1.02 bits per heavy atom. The number of carbonyl (C=O) groups is 2. The van der Waals surface area contributed by atoms with Gasteiger partial charge in [0.1, 0.15) is 18.4 Å². The third-order valence-electron chi connectivity index (χ3n) is 6.24. The van der Waals surface area contributed by atoms with E-state index in [1.807, 2.05) is 13.8 Å². The van der Waals surface area contributed by atoms with Crippen molar-refractivity contribution in [2.75, 3.05) is 43.8 Å². The van der Waals surface area contributed by atoms with Crippen molar-refractivity contribution < 1.29 is 28.4 Å². The van der Waals surface area contributed by atoms with Gasteiger partial charge in [0.15, 0.2) is 17.0 Å². The number of nitrogens with two attached hydrogens (primary N) is 1. The monoisotopic (exact) mass is 626 g/mol. The molecular weight excluding hydrogens is 575 g/mol. The molecule has 0 aliphatic heterocycles. The molecule has 0 amide bonds. The van der Waals surface area contributed by atoms with E-state index >= 15 is 0 Å². The quantitative estimate of drug-likeness (QED) is 0.0630. The second kappa shape index (κ2) is 20.0. The number of imidazole rings is 1. The Labute approximate surface area is 255 Å². The van der Waals surface area contributed by atoms with Crippen molar-refractivity contribution in [2.45, 2.75) is 92.3 Å². The van der Waals surface area contributed by atoms with Crippen LogP contribution in [-0.2, 0) is 34.9 Å². The minimum Gasteiger partial charge on any atom is -0.465 e. The van der Waals surface area contributed by atoms with Crippen molar-refractivity contribution in [3.05, 3.63) is 19.0 Å². The molecule has 0 radical (unpaired) electrons. The number of esters is 2. The van der Waals surface area contributed by atoms with E-state index in [-0.39, 0.29) is 39.5 Å². The fourth-order valence-electron chi connectivity index (χ4n) is 3.84. The molecule has 0 saturated carbocycles. The summed E-state index contributed by atoms with van der Waals surface area (Å²) in [5.41, 5.74) is 6.95. The lowest BCUT2D eigenvalue weighted by Crippen LogP contribution is -2.44. The van der Waals surface area contributed by atoms with Crippen LogP contribution in [0.5, 0.6) is 0 Å². The Morgan fingerprint density at radius 2 is 1.60 bits per heavy atom. The number of nitrogen functional groups attached to an aromatic ring is 1. The van der Waals surface area contributed by atoms with Crippen LogP contribution in [0.25, 0.3) is 11.2 Å². The van der Waals surface area contributed by atoms with Gasteiger partial charge >= 0.3 is 11.9 Å². The lowest BCUT2D eigenvalue weighted by atomic mass is 10.2. The molecular formula is C28H51N8O6P. The number of hydrogen-bond donors (Lipinski definition) is 4. The van der Waals surface area contributed by atoms with Gasteiger partial charge in [0.2, 0.25) is 13.4 Å². The maximum absolute atomic E-state index is 14.1. The summed E-state index contributed by atoms with van der Waals surface area (Å²) in [5, 5.41) is 8.92. The molecule has 0 aliphatic rings. The minimum absolute atomic E-state index is 0. The van der Waals surface area contributed by atoms with Gasteiger partial charge in [0.05, 0.1) is 26.1 Å². The van der Waals surface area contributed by atoms with Gasteiger partial charge in [-0.25, -0.2) is 15.2 Å². The molecule has 0 aliphatic carbocycles. The first-order valence-electron chi connectivity index (χ1n) is 14.6. The number of aromatic nitrogens is 4. The SMILES string of the molecule is C.C=CCNc1nc(N)nc2c1ncn2CCOCP(=O)(NC(CC)C(=O)OCCCC)NC(CC)C(=O)OCCCC. The zero-order valence-electron chi connectivity index (χ0n) is 25.3. The molecule has 14 nitrogen and oxygen atoms in total. The molecule has 5 N–H and O–H groups in total. The summed E-state index contributed by atoms with van der Waals surface area (Å²) in [6, 6.07) is -1.70. The van der Waals surface area contributed by atoms with Gasteiger partial charge in [-0.1, -0.05) is 54.0 Å². The maximum atomic E-state index is 14.1. The van der Waals surface area contributed by atoms with Crippen LogP contribution < -0.4 is 21.2 Å². The molecule has 2 heterocycles. The summed E-state index contributed by atoms with van der Waals surface area (Å²) in [7, 11) is -3.65. The van der Waals surface area contributed by atoms with Crippen LogP contribution >= 0.6 is 7.44 Å². The minimum atomic E-state index is -3.65. The maximum Gasteiger partial charge on any atom is 0.323 e. The molecule has 15 heteroatoms. The Morgan fingerprint density at radius 3 is 2.12 bits per heavy atom. The highest BCUT2D eigenvalue weighted by molar-refractivity contribution is 7.59. The largest absolute Gasteiger partial charge is 0.465 e. The normalized spacial score (nSPS) is 13.9. The van der Waals surface area contributed by atoms with E-state index in [0.717, 1.165) is 25.7 Å². The highest BCUT2D eigenvalue weighted by Gasteiger charge is 2.34. The number of anilines is 2. The van der Waals surface area contributed by atoms with Gasteiger partial charge in [-0.05, 0) is 25.7 Å². The van der Waals surface area contributed by atoms with Gasteiger partial charge in [0.25, 0.3) is 0 Å². The summed E-state index contributed by atoms with van der Waals surface area (Å²) in [4.78, 5) is 38.3. The van der Waals surface area contributed by atoms with E-state index in [1.54, 1.807) is 30.8 Å². The van der Waals surface area contributed by atoms with Gasteiger partial charge in [-0.2, -0.15) is 9.97 Å². The third-order valence-corrected chi connectivity index (χ3v) is 8.25. The van der Waals surface area contributed by atoms with E-state index in [1.165, 1.54) is 0 Å². The predicted octanol–water partition coefficient (Wildman–Crippen LogP) is 4.23. The first kappa shape index (κ1) is 38.0. The lowest BCUT2D eigenvalue weighted by Gasteiger charge is -2.28. The smallest absolute Gasteiger partial charge is 0.323 e. The van der Waals surface area contributed by atoms with Crippen molar-refractivity contribution in [3.8, 4) is 0 Å². The van der Waals surface area contributed by atoms with Crippen LogP contribution in [0.1, 0.15) is 73.6 Å². The molecule has 43 heavy (non-hydrogen) atoms. The van der Waals surface area contributed by atoms with Crippen LogP contribution in [0.2, 0.25) is 0 Å². The van der Waals surface area contributed by atoms with E-state index < -0.39 is 31.5 Å². The average Bonchev–Trinajstić information content (AvgIpc) is 3.38. The molecule has 2 unspecified atom stereocenters. The molecule has 2 aromatic rings. The molecule has 0 saturated heterocycles. The highest BCUT2D eigenvalue weighted by atomic mass is 31.2. The van der Waals surface area contributed by atoms with Gasteiger partial charge < -0.3 is 29.8 Å². The molecule has 0 bridgehead atoms. The molecule has 0 fully saturated rings. The number of ether oxygens (including phenoxy) is 3. The number of fused-ring (bicyclic) bond motifs is 1. The zero-order valence-corrected chi connectivity index (χ0v) is 26.2. The predicted molar refractivity (Wildman–Crippen MR) is 170 cm³/mol. The summed E-state index contributed by atoms with van der Waals surface area (Å²) in [6.45, 7) is 12.7. The van der Waals surface area contributed by atoms with Crippen molar-refractivity contribution >= 4 is 42.3 Å². The fourth-order valence-corrected chi connectivity index (χ4v) is 6.04. The second-order valence-electron chi connectivity index (χ2n) is 9.71. The van der Waals surface area contributed by atoms with E-state index in [0.29, 0.717) is 42.9 Å². The van der Waals surface area contributed by atoms with Crippen molar-refractivity contribution in [1.82, 2.24) is 29.7 Å². The van der Waals surface area contributed by atoms with Crippen molar-refractivity contribution in [2.24, 2.45) is 0 Å². The molecule has 2 atom stereocenters. The lowest BCUT2D eigenvalue weighted by molar-refractivity contribution is -0.146. The molecule has 2 aromatic heterocycles. The van der Waals surface area contributed by atoms with Crippen LogP contribution in [-0.4, -0.2) is 76.3 Å². The Kier molecular flexibility index (Phi) is 17.7. The summed E-state index contributed by atoms with van der Waals surface area (Å²) in [6.07, 6.45) is 6.87. The molecule has 2 rings (SSSR count). The summed E-state index contributed by atoms with van der Waals surface area (Å²) >= 11 is 0. The first-order valence-corrected chi connectivity index (χ1v) is 16.5. The third kappa shape index (κ3) is 12.2. The summed E-state index contributed by atoms with van der Waals surface area (Å²) in [5.74, 6) is -0.436. The van der Waals surface area contributed by atoms with Crippen LogP contribution in [0.15, 0.2) is 19.0 Å². The average molecular weight is 627 g/mol. The van der Waals surface area contributed by atoms with Gasteiger partial charge in [-0.15, -0.1) is 6.58 Å². The number of unbranched alkanes of at least 4 members (excludes halogenated alkanes) is 2. The Bertz CT molecular complexity index is 1160. The fraction of sp³-hybridized carbons (Fsp3) is 0.679. The van der Waals surface area contributed by atoms with Crippen molar-refractivity contribution in [1.29, 1.82) is 0 Å². The highest BCUT2D eigenvalue weighted by Crippen LogP contribution is 2.38. The number of hydrogen-bond acceptors (Lipinski definition) is 11. The second-order valence-corrected chi connectivity index (χ2v) is 12.0. The molecule has 244 valence electrons. The topological polar surface area (TPSA) is 185 Å². The molecule has 0 aromatic carbocycles. The summed E-state index contributed by atoms with van der Waals surface area (Å²) < 4.78 is 32.5. The van der Waals surface area contributed by atoms with Gasteiger partial charge in [0, 0.05) is 13.1 Å². The van der Waals surface area contributed by atoms with E-state index in [2.05, 4.69) is 37.0 Å². The first-order chi connectivity index (χ1) is 20.2. The Hall–Kier alpha value is -3.06. The number of nitrogens with zero attached hydrogens (tertiary/aromatic N) is 4. The number of nitrogens with one attached hydrogen (secondary N) is 3. The van der Waals surface area contributed by atoms with Crippen LogP contribution in [0, 0.1) is 0 Å². The van der Waals surface area contributed by atoms with E-state index in [9.17, 15) is 14.2 Å². The van der Waals surface area contributed by atoms with E-state index in [4.69, 9.17) is 19.9 Å². The molecule has 0 spiro atoms. The van der Waals surface area contributed by atoms with Crippen LogP contribution in [0.4, 0.5) is 11.8 Å². The van der Waals surface area contributed by atoms with Crippen LogP contribution in [0.3, 0.4) is 0 Å². The number of rotatable bonds is 22.